The van der Waals surface area contributed by atoms with E-state index in [0.29, 0.717) is 11.3 Å². The standard InChI is InChI=1S/C19H14O4/c20-14-10-15(21)19(22)13-7-9-17-12(18(13)14)6-8-16(23-17)11-4-2-1-3-5-11/h1-10,13,16,18,21H. The normalized spacial score (nSPS) is 28.9. The number of fused-ring (bicyclic) bond motifs is 2. The number of rotatable bonds is 1. The molecule has 4 nitrogen and oxygen atoms in total. The van der Waals surface area contributed by atoms with E-state index in [2.05, 4.69) is 0 Å². The highest BCUT2D eigenvalue weighted by molar-refractivity contribution is 6.11. The van der Waals surface area contributed by atoms with Crippen molar-refractivity contribution in [2.75, 3.05) is 0 Å². The highest BCUT2D eigenvalue weighted by atomic mass is 16.5. The number of hydrogen-bond acceptors (Lipinski definition) is 4. The summed E-state index contributed by atoms with van der Waals surface area (Å²) in [5.74, 6) is -1.79. The van der Waals surface area contributed by atoms with Crippen molar-refractivity contribution < 1.29 is 19.4 Å². The second-order valence-corrected chi connectivity index (χ2v) is 5.79. The number of allylic oxidation sites excluding steroid dienone is 6. The molecule has 1 aromatic rings. The molecule has 3 unspecified atom stereocenters. The molecule has 23 heavy (non-hydrogen) atoms. The minimum absolute atomic E-state index is 0.213. The Morgan fingerprint density at radius 2 is 1.78 bits per heavy atom. The third kappa shape index (κ3) is 2.14. The summed E-state index contributed by atoms with van der Waals surface area (Å²) < 4.78 is 6.00. The first-order chi connectivity index (χ1) is 11.1. The first kappa shape index (κ1) is 13.8. The molecule has 0 saturated carbocycles. The second-order valence-electron chi connectivity index (χ2n) is 5.79. The Morgan fingerprint density at radius 1 is 1.00 bits per heavy atom. The SMILES string of the molecule is O=C1C(O)=CC(=O)C2C3=C(C=CC12)OC(c1ccccc1)C=C3. The summed E-state index contributed by atoms with van der Waals surface area (Å²) in [6.07, 6.45) is 7.92. The minimum Gasteiger partial charge on any atom is -0.504 e. The number of carbonyl (C=O) groups excluding carboxylic acids is 2. The molecule has 1 N–H and O–H groups in total. The van der Waals surface area contributed by atoms with Gasteiger partial charge in [0.2, 0.25) is 5.78 Å². The quantitative estimate of drug-likeness (QED) is 0.866. The van der Waals surface area contributed by atoms with Crippen LogP contribution in [0.3, 0.4) is 0 Å². The highest BCUT2D eigenvalue weighted by Gasteiger charge is 2.42. The van der Waals surface area contributed by atoms with Gasteiger partial charge >= 0.3 is 0 Å². The summed E-state index contributed by atoms with van der Waals surface area (Å²) in [4.78, 5) is 24.3. The van der Waals surface area contributed by atoms with Crippen molar-refractivity contribution in [2.45, 2.75) is 6.10 Å². The van der Waals surface area contributed by atoms with Crippen LogP contribution in [0.4, 0.5) is 0 Å². The Morgan fingerprint density at radius 3 is 2.57 bits per heavy atom. The maximum atomic E-state index is 12.2. The van der Waals surface area contributed by atoms with Crippen molar-refractivity contribution in [1.82, 2.24) is 0 Å². The van der Waals surface area contributed by atoms with E-state index >= 15 is 0 Å². The molecule has 0 aromatic heterocycles. The van der Waals surface area contributed by atoms with Crippen molar-refractivity contribution in [3.63, 3.8) is 0 Å². The Bertz CT molecular complexity index is 811. The number of aliphatic hydroxyl groups excluding tert-OH is 1. The summed E-state index contributed by atoms with van der Waals surface area (Å²) in [5, 5.41) is 9.57. The molecule has 2 aliphatic carbocycles. The van der Waals surface area contributed by atoms with Gasteiger partial charge in [-0.25, -0.2) is 0 Å². The average molecular weight is 306 g/mol. The van der Waals surface area contributed by atoms with E-state index in [1.165, 1.54) is 0 Å². The maximum absolute atomic E-state index is 12.2. The molecule has 114 valence electrons. The van der Waals surface area contributed by atoms with Crippen LogP contribution < -0.4 is 0 Å². The van der Waals surface area contributed by atoms with E-state index in [4.69, 9.17) is 4.74 Å². The van der Waals surface area contributed by atoms with Gasteiger partial charge in [-0.2, -0.15) is 0 Å². The second kappa shape index (κ2) is 5.09. The molecular weight excluding hydrogens is 292 g/mol. The number of benzene rings is 1. The largest absolute Gasteiger partial charge is 0.504 e. The van der Waals surface area contributed by atoms with Crippen molar-refractivity contribution >= 4 is 11.6 Å². The number of carbonyl (C=O) groups is 2. The van der Waals surface area contributed by atoms with E-state index in [1.54, 1.807) is 12.2 Å². The molecule has 3 aliphatic rings. The van der Waals surface area contributed by atoms with Crippen LogP contribution in [0.5, 0.6) is 0 Å². The molecule has 0 amide bonds. The van der Waals surface area contributed by atoms with Crippen LogP contribution in [-0.2, 0) is 14.3 Å². The third-order valence-corrected chi connectivity index (χ3v) is 4.41. The zero-order valence-electron chi connectivity index (χ0n) is 12.2. The van der Waals surface area contributed by atoms with Crippen LogP contribution in [0.15, 0.2) is 77.8 Å². The molecule has 1 heterocycles. The van der Waals surface area contributed by atoms with Crippen LogP contribution in [0.1, 0.15) is 11.7 Å². The van der Waals surface area contributed by atoms with Crippen LogP contribution >= 0.6 is 0 Å². The summed E-state index contributed by atoms with van der Waals surface area (Å²) >= 11 is 0. The smallest absolute Gasteiger partial charge is 0.205 e. The molecule has 0 saturated heterocycles. The van der Waals surface area contributed by atoms with Gasteiger partial charge < -0.3 is 9.84 Å². The zero-order chi connectivity index (χ0) is 16.0. The van der Waals surface area contributed by atoms with Gasteiger partial charge in [-0.3, -0.25) is 9.59 Å². The Kier molecular flexibility index (Phi) is 3.05. The molecule has 0 fully saturated rings. The van der Waals surface area contributed by atoms with Gasteiger partial charge in [-0.15, -0.1) is 0 Å². The van der Waals surface area contributed by atoms with E-state index in [0.717, 1.165) is 11.6 Å². The molecular formula is C19H14O4. The van der Waals surface area contributed by atoms with Crippen LogP contribution in [0, 0.1) is 11.8 Å². The average Bonchev–Trinajstić information content (AvgIpc) is 2.59. The third-order valence-electron chi connectivity index (χ3n) is 4.41. The summed E-state index contributed by atoms with van der Waals surface area (Å²) in [5.41, 5.74) is 1.72. The highest BCUT2D eigenvalue weighted by Crippen LogP contribution is 2.41. The van der Waals surface area contributed by atoms with Crippen molar-refractivity contribution in [3.8, 4) is 0 Å². The fourth-order valence-corrected chi connectivity index (χ4v) is 3.26. The molecule has 1 aliphatic heterocycles. The van der Waals surface area contributed by atoms with Gasteiger partial charge in [-0.05, 0) is 17.7 Å². The fourth-order valence-electron chi connectivity index (χ4n) is 3.26. The number of ether oxygens (including phenoxy) is 1. The summed E-state index contributed by atoms with van der Waals surface area (Å²) in [6, 6.07) is 9.79. The van der Waals surface area contributed by atoms with E-state index in [-0.39, 0.29) is 11.9 Å². The minimum atomic E-state index is -0.646. The summed E-state index contributed by atoms with van der Waals surface area (Å²) in [7, 11) is 0. The van der Waals surface area contributed by atoms with Crippen LogP contribution in [-0.4, -0.2) is 16.7 Å². The van der Waals surface area contributed by atoms with Gasteiger partial charge in [0.15, 0.2) is 11.5 Å². The monoisotopic (exact) mass is 306 g/mol. The van der Waals surface area contributed by atoms with Crippen LogP contribution in [0.25, 0.3) is 0 Å². The lowest BCUT2D eigenvalue weighted by Crippen LogP contribution is -2.37. The predicted molar refractivity (Wildman–Crippen MR) is 83.3 cm³/mol. The summed E-state index contributed by atoms with van der Waals surface area (Å²) in [6.45, 7) is 0. The first-order valence-electron chi connectivity index (χ1n) is 7.46. The van der Waals surface area contributed by atoms with Crippen molar-refractivity contribution in [1.29, 1.82) is 0 Å². The van der Waals surface area contributed by atoms with Gasteiger partial charge in [-0.1, -0.05) is 42.5 Å². The first-order valence-corrected chi connectivity index (χ1v) is 7.46. The lowest BCUT2D eigenvalue weighted by atomic mass is 9.72. The number of ketones is 2. The Balaban J connectivity index is 1.69. The van der Waals surface area contributed by atoms with E-state index in [1.807, 2.05) is 42.5 Å². The molecule has 3 atom stereocenters. The maximum Gasteiger partial charge on any atom is 0.205 e. The van der Waals surface area contributed by atoms with Crippen LogP contribution in [0.2, 0.25) is 0 Å². The predicted octanol–water partition coefficient (Wildman–Crippen LogP) is 2.96. The Hall–Kier alpha value is -2.88. The number of hydrogen-bond donors (Lipinski definition) is 1. The number of Topliss-reactive ketones (excluding diaryl/α,β-unsaturated/α-hetero) is 1. The molecule has 0 bridgehead atoms. The van der Waals surface area contributed by atoms with Gasteiger partial charge in [0.05, 0.1) is 11.8 Å². The zero-order valence-corrected chi connectivity index (χ0v) is 12.2. The topological polar surface area (TPSA) is 63.6 Å². The molecule has 0 spiro atoms. The molecule has 4 rings (SSSR count). The molecule has 4 heteroatoms. The van der Waals surface area contributed by atoms with Gasteiger partial charge in [0.25, 0.3) is 0 Å². The lowest BCUT2D eigenvalue weighted by molar-refractivity contribution is -0.129. The molecule has 0 radical (unpaired) electrons. The lowest BCUT2D eigenvalue weighted by Gasteiger charge is -2.33. The molecule has 1 aromatic carbocycles. The fraction of sp³-hybridized carbons (Fsp3) is 0.158. The van der Waals surface area contributed by atoms with E-state index < -0.39 is 23.4 Å². The van der Waals surface area contributed by atoms with Gasteiger partial charge in [0.1, 0.15) is 11.9 Å². The number of aliphatic hydroxyl groups is 1. The van der Waals surface area contributed by atoms with Crippen molar-refractivity contribution in [3.05, 3.63) is 83.4 Å². The Labute approximate surface area is 133 Å². The van der Waals surface area contributed by atoms with Gasteiger partial charge in [0, 0.05) is 11.6 Å². The van der Waals surface area contributed by atoms with Crippen molar-refractivity contribution in [2.24, 2.45) is 11.8 Å². The van der Waals surface area contributed by atoms with E-state index in [9.17, 15) is 14.7 Å².